The van der Waals surface area contributed by atoms with E-state index in [0.29, 0.717) is 6.04 Å². The normalized spacial score (nSPS) is 17.7. The quantitative estimate of drug-likeness (QED) is 0.881. The Morgan fingerprint density at radius 3 is 2.74 bits per heavy atom. The Labute approximate surface area is 114 Å². The minimum Gasteiger partial charge on any atom is -0.493 e. The number of nitrogens with one attached hydrogen (secondary N) is 1. The fraction of sp³-hybridized carbons (Fsp3) is 0.294. The van der Waals surface area contributed by atoms with Gasteiger partial charge in [0.1, 0.15) is 5.75 Å². The van der Waals surface area contributed by atoms with E-state index in [9.17, 15) is 0 Å². The Bertz CT molecular complexity index is 592. The molecule has 3 rings (SSSR count). The molecule has 0 spiro atoms. The maximum atomic E-state index is 5.81. The molecule has 19 heavy (non-hydrogen) atoms. The van der Waals surface area contributed by atoms with Gasteiger partial charge < -0.3 is 10.1 Å². The van der Waals surface area contributed by atoms with E-state index >= 15 is 0 Å². The molecular formula is C17H19NO. The Hall–Kier alpha value is -1.80. The van der Waals surface area contributed by atoms with E-state index in [1.807, 2.05) is 7.05 Å². The highest BCUT2D eigenvalue weighted by molar-refractivity contribution is 5.67. The molecule has 0 fully saturated rings. The van der Waals surface area contributed by atoms with Gasteiger partial charge in [0.25, 0.3) is 0 Å². The lowest BCUT2D eigenvalue weighted by Crippen LogP contribution is -2.23. The lowest BCUT2D eigenvalue weighted by molar-refractivity contribution is 0.257. The summed E-state index contributed by atoms with van der Waals surface area (Å²) < 4.78 is 5.81. The number of hydrogen-bond acceptors (Lipinski definition) is 2. The summed E-state index contributed by atoms with van der Waals surface area (Å²) in [6.45, 7) is 2.91. The molecule has 0 aliphatic carbocycles. The van der Waals surface area contributed by atoms with Gasteiger partial charge in [0.15, 0.2) is 0 Å². The molecule has 0 amide bonds. The van der Waals surface area contributed by atoms with Gasteiger partial charge in [-0.3, -0.25) is 0 Å². The molecule has 0 bridgehead atoms. The first kappa shape index (κ1) is 12.2. The fourth-order valence-corrected chi connectivity index (χ4v) is 2.69. The van der Waals surface area contributed by atoms with Crippen molar-refractivity contribution in [2.24, 2.45) is 0 Å². The van der Waals surface area contributed by atoms with Crippen LogP contribution in [0.25, 0.3) is 11.1 Å². The highest BCUT2D eigenvalue weighted by atomic mass is 16.5. The molecular weight excluding hydrogens is 234 g/mol. The highest BCUT2D eigenvalue weighted by Gasteiger charge is 2.20. The second-order valence-electron chi connectivity index (χ2n) is 5.10. The van der Waals surface area contributed by atoms with E-state index in [4.69, 9.17) is 4.74 Å². The van der Waals surface area contributed by atoms with Crippen LogP contribution in [0, 0.1) is 6.92 Å². The second-order valence-corrected chi connectivity index (χ2v) is 5.10. The number of aryl methyl sites for hydroxylation is 1. The van der Waals surface area contributed by atoms with Crippen molar-refractivity contribution in [1.29, 1.82) is 0 Å². The summed E-state index contributed by atoms with van der Waals surface area (Å²) in [4.78, 5) is 0. The van der Waals surface area contributed by atoms with Gasteiger partial charge in [-0.15, -0.1) is 0 Å². The fourth-order valence-electron chi connectivity index (χ4n) is 2.69. The van der Waals surface area contributed by atoms with Crippen LogP contribution in [0.5, 0.6) is 5.75 Å². The van der Waals surface area contributed by atoms with Crippen LogP contribution in [0.2, 0.25) is 0 Å². The minimum absolute atomic E-state index is 0.412. The van der Waals surface area contributed by atoms with Crippen molar-refractivity contribution < 1.29 is 4.74 Å². The van der Waals surface area contributed by atoms with Gasteiger partial charge >= 0.3 is 0 Å². The van der Waals surface area contributed by atoms with E-state index in [0.717, 1.165) is 18.8 Å². The number of hydrogen-bond donors (Lipinski definition) is 1. The summed E-state index contributed by atoms with van der Waals surface area (Å²) >= 11 is 0. The summed E-state index contributed by atoms with van der Waals surface area (Å²) in [5.74, 6) is 1.02. The average molecular weight is 253 g/mol. The summed E-state index contributed by atoms with van der Waals surface area (Å²) in [6, 6.07) is 15.5. The van der Waals surface area contributed by atoms with Gasteiger partial charge in [-0.25, -0.2) is 0 Å². The van der Waals surface area contributed by atoms with Crippen molar-refractivity contribution in [3.8, 4) is 16.9 Å². The molecule has 0 radical (unpaired) electrons. The molecule has 2 nitrogen and oxygen atoms in total. The standard InChI is InChI=1S/C17H19NO/c1-12-4-3-5-13(10-12)14-6-7-15-16(18-2)8-9-19-17(15)11-14/h3-7,10-11,16,18H,8-9H2,1-2H3. The van der Waals surface area contributed by atoms with Crippen LogP contribution in [-0.4, -0.2) is 13.7 Å². The van der Waals surface area contributed by atoms with Crippen LogP contribution in [0.1, 0.15) is 23.6 Å². The van der Waals surface area contributed by atoms with E-state index in [1.54, 1.807) is 0 Å². The lowest BCUT2D eigenvalue weighted by atomic mass is 9.96. The molecule has 1 unspecified atom stereocenters. The van der Waals surface area contributed by atoms with Gasteiger partial charge in [-0.1, -0.05) is 42.0 Å². The Morgan fingerprint density at radius 2 is 1.95 bits per heavy atom. The zero-order chi connectivity index (χ0) is 13.2. The molecule has 1 aliphatic heterocycles. The number of benzene rings is 2. The highest BCUT2D eigenvalue weighted by Crippen LogP contribution is 2.35. The first-order chi connectivity index (χ1) is 9.28. The van der Waals surface area contributed by atoms with Gasteiger partial charge in [0, 0.05) is 18.0 Å². The number of fused-ring (bicyclic) bond motifs is 1. The van der Waals surface area contributed by atoms with Crippen molar-refractivity contribution in [2.45, 2.75) is 19.4 Å². The SMILES string of the molecule is CNC1CCOc2cc(-c3cccc(C)c3)ccc21. The van der Waals surface area contributed by atoms with Crippen LogP contribution in [0.3, 0.4) is 0 Å². The van der Waals surface area contributed by atoms with Crippen molar-refractivity contribution in [3.63, 3.8) is 0 Å². The predicted molar refractivity (Wildman–Crippen MR) is 78.5 cm³/mol. The van der Waals surface area contributed by atoms with Gasteiger partial charge in [-0.05, 0) is 31.2 Å². The summed E-state index contributed by atoms with van der Waals surface area (Å²) in [6.07, 6.45) is 1.04. The van der Waals surface area contributed by atoms with E-state index in [1.165, 1.54) is 22.3 Å². The topological polar surface area (TPSA) is 21.3 Å². The molecule has 1 N–H and O–H groups in total. The molecule has 2 aromatic carbocycles. The molecule has 2 heteroatoms. The van der Waals surface area contributed by atoms with Gasteiger partial charge in [0.2, 0.25) is 0 Å². The van der Waals surface area contributed by atoms with Crippen LogP contribution >= 0.6 is 0 Å². The zero-order valence-corrected chi connectivity index (χ0v) is 11.4. The summed E-state index contributed by atoms with van der Waals surface area (Å²) in [5, 5.41) is 3.35. The van der Waals surface area contributed by atoms with Crippen molar-refractivity contribution in [3.05, 3.63) is 53.6 Å². The lowest BCUT2D eigenvalue weighted by Gasteiger charge is -2.26. The molecule has 98 valence electrons. The first-order valence-electron chi connectivity index (χ1n) is 6.79. The largest absolute Gasteiger partial charge is 0.493 e. The zero-order valence-electron chi connectivity index (χ0n) is 11.4. The van der Waals surface area contributed by atoms with Crippen LogP contribution in [0.15, 0.2) is 42.5 Å². The molecule has 1 atom stereocenters. The summed E-state index contributed by atoms with van der Waals surface area (Å²) in [5.41, 5.74) is 5.02. The third-order valence-corrected chi connectivity index (χ3v) is 3.75. The van der Waals surface area contributed by atoms with Crippen molar-refractivity contribution in [2.75, 3.05) is 13.7 Å². The minimum atomic E-state index is 0.412. The third kappa shape index (κ3) is 2.36. The predicted octanol–water partition coefficient (Wildman–Crippen LogP) is 3.71. The Kier molecular flexibility index (Phi) is 3.26. The first-order valence-corrected chi connectivity index (χ1v) is 6.79. The van der Waals surface area contributed by atoms with Crippen LogP contribution < -0.4 is 10.1 Å². The monoisotopic (exact) mass is 253 g/mol. The smallest absolute Gasteiger partial charge is 0.124 e. The van der Waals surface area contributed by atoms with Crippen LogP contribution in [0.4, 0.5) is 0 Å². The Balaban J connectivity index is 2.02. The van der Waals surface area contributed by atoms with Crippen molar-refractivity contribution in [1.82, 2.24) is 5.32 Å². The molecule has 1 aliphatic rings. The van der Waals surface area contributed by atoms with Gasteiger partial charge in [0.05, 0.1) is 6.61 Å². The average Bonchev–Trinajstić information content (AvgIpc) is 2.46. The number of ether oxygens (including phenoxy) is 1. The molecule has 0 saturated heterocycles. The number of rotatable bonds is 2. The van der Waals surface area contributed by atoms with Crippen LogP contribution in [-0.2, 0) is 0 Å². The molecule has 0 saturated carbocycles. The van der Waals surface area contributed by atoms with E-state index in [-0.39, 0.29) is 0 Å². The summed E-state index contributed by atoms with van der Waals surface area (Å²) in [7, 11) is 2.01. The maximum absolute atomic E-state index is 5.81. The molecule has 2 aromatic rings. The maximum Gasteiger partial charge on any atom is 0.124 e. The van der Waals surface area contributed by atoms with Crippen molar-refractivity contribution >= 4 is 0 Å². The molecule has 1 heterocycles. The second kappa shape index (κ2) is 5.06. The van der Waals surface area contributed by atoms with E-state index < -0.39 is 0 Å². The Morgan fingerprint density at radius 1 is 1.11 bits per heavy atom. The van der Waals surface area contributed by atoms with Gasteiger partial charge in [-0.2, -0.15) is 0 Å². The van der Waals surface area contributed by atoms with E-state index in [2.05, 4.69) is 54.7 Å². The molecule has 0 aromatic heterocycles. The third-order valence-electron chi connectivity index (χ3n) is 3.75.